The Morgan fingerprint density at radius 2 is 1.32 bits per heavy atom. The molecule has 128 valence electrons. The maximum atomic E-state index is 12.3. The molecule has 2 aromatic carbocycles. The maximum Gasteiger partial charge on any atom is 0.338 e. The monoisotopic (exact) mass is 358 g/mol. The molecule has 0 saturated carbocycles. The average molecular weight is 359 g/mol. The third-order valence-corrected chi connectivity index (χ3v) is 3.47. The number of hydrogen-bond donors (Lipinski definition) is 0. The Morgan fingerprint density at radius 1 is 0.840 bits per heavy atom. The molecule has 0 saturated heterocycles. The molecule has 0 N–H and O–H groups in total. The Morgan fingerprint density at radius 3 is 1.88 bits per heavy atom. The molecule has 0 amide bonds. The number of halogens is 1. The van der Waals surface area contributed by atoms with Gasteiger partial charge in [-0.15, -0.1) is 0 Å². The molecule has 2 rings (SSSR count). The standard InChI is InChI=1S/C19H15ClO5/c1-2-17(21)24-11-12-25-19(23)15-5-3-13(4-6-15)18(22)14-7-9-16(20)10-8-14/h2-10H,1,11-12H2. The van der Waals surface area contributed by atoms with Crippen molar-refractivity contribution in [3.63, 3.8) is 0 Å². The van der Waals surface area contributed by atoms with Crippen LogP contribution < -0.4 is 0 Å². The third kappa shape index (κ3) is 5.29. The first kappa shape index (κ1) is 18.4. The quantitative estimate of drug-likeness (QED) is 0.328. The molecule has 0 atom stereocenters. The van der Waals surface area contributed by atoms with E-state index in [1.165, 1.54) is 12.1 Å². The molecular weight excluding hydrogens is 344 g/mol. The van der Waals surface area contributed by atoms with Crippen LogP contribution in [0.1, 0.15) is 26.3 Å². The first-order valence-corrected chi connectivity index (χ1v) is 7.75. The molecule has 6 heteroatoms. The minimum atomic E-state index is -0.582. The summed E-state index contributed by atoms with van der Waals surface area (Å²) < 4.78 is 9.67. The summed E-state index contributed by atoms with van der Waals surface area (Å²) in [5, 5.41) is 0.549. The summed E-state index contributed by atoms with van der Waals surface area (Å²) in [6.45, 7) is 3.14. The highest BCUT2D eigenvalue weighted by Crippen LogP contribution is 2.15. The summed E-state index contributed by atoms with van der Waals surface area (Å²) in [4.78, 5) is 35.0. The van der Waals surface area contributed by atoms with E-state index in [9.17, 15) is 14.4 Å². The van der Waals surface area contributed by atoms with Crippen molar-refractivity contribution in [1.29, 1.82) is 0 Å². The van der Waals surface area contributed by atoms with E-state index in [0.29, 0.717) is 21.7 Å². The lowest BCUT2D eigenvalue weighted by atomic mass is 10.0. The average Bonchev–Trinajstić information content (AvgIpc) is 2.65. The van der Waals surface area contributed by atoms with Crippen LogP contribution in [0.5, 0.6) is 0 Å². The summed E-state index contributed by atoms with van der Waals surface area (Å²) in [5.74, 6) is -1.32. The number of esters is 2. The SMILES string of the molecule is C=CC(=O)OCCOC(=O)c1ccc(C(=O)c2ccc(Cl)cc2)cc1. The maximum absolute atomic E-state index is 12.3. The summed E-state index contributed by atoms with van der Waals surface area (Å²) >= 11 is 5.80. The van der Waals surface area contributed by atoms with Crippen LogP contribution in [0.25, 0.3) is 0 Å². The van der Waals surface area contributed by atoms with Gasteiger partial charge in [0.25, 0.3) is 0 Å². The van der Waals surface area contributed by atoms with Crippen LogP contribution in [0.3, 0.4) is 0 Å². The molecule has 0 aliphatic rings. The smallest absolute Gasteiger partial charge is 0.338 e. The fourth-order valence-electron chi connectivity index (χ4n) is 1.94. The topological polar surface area (TPSA) is 69.7 Å². The molecule has 2 aromatic rings. The molecule has 0 unspecified atom stereocenters. The van der Waals surface area contributed by atoms with Gasteiger partial charge < -0.3 is 9.47 Å². The van der Waals surface area contributed by atoms with E-state index < -0.39 is 11.9 Å². The summed E-state index contributed by atoms with van der Waals surface area (Å²) in [6, 6.07) is 12.6. The van der Waals surface area contributed by atoms with Gasteiger partial charge in [0, 0.05) is 22.2 Å². The Labute approximate surface area is 149 Å². The van der Waals surface area contributed by atoms with Crippen molar-refractivity contribution in [3.05, 3.63) is 82.9 Å². The lowest BCUT2D eigenvalue weighted by Crippen LogP contribution is -2.13. The summed E-state index contributed by atoms with van der Waals surface area (Å²) in [7, 11) is 0. The van der Waals surface area contributed by atoms with Crippen LogP contribution in [-0.4, -0.2) is 30.9 Å². The Bertz CT molecular complexity index is 778. The molecule has 0 heterocycles. The lowest BCUT2D eigenvalue weighted by molar-refractivity contribution is -0.138. The van der Waals surface area contributed by atoms with Gasteiger partial charge in [-0.3, -0.25) is 4.79 Å². The highest BCUT2D eigenvalue weighted by molar-refractivity contribution is 6.30. The van der Waals surface area contributed by atoms with Gasteiger partial charge >= 0.3 is 11.9 Å². The van der Waals surface area contributed by atoms with Gasteiger partial charge in [-0.25, -0.2) is 9.59 Å². The molecule has 5 nitrogen and oxygen atoms in total. The van der Waals surface area contributed by atoms with Gasteiger partial charge in [0.2, 0.25) is 0 Å². The molecule has 0 aliphatic carbocycles. The van der Waals surface area contributed by atoms with Gasteiger partial charge in [-0.1, -0.05) is 30.3 Å². The minimum Gasteiger partial charge on any atom is -0.459 e. The second-order valence-corrected chi connectivity index (χ2v) is 5.36. The van der Waals surface area contributed by atoms with Crippen molar-refractivity contribution in [2.45, 2.75) is 0 Å². The zero-order valence-corrected chi connectivity index (χ0v) is 14.0. The van der Waals surface area contributed by atoms with Crippen molar-refractivity contribution in [3.8, 4) is 0 Å². The van der Waals surface area contributed by atoms with E-state index in [0.717, 1.165) is 6.08 Å². The lowest BCUT2D eigenvalue weighted by Gasteiger charge is -2.06. The number of carbonyl (C=O) groups is 3. The predicted molar refractivity (Wildman–Crippen MR) is 92.8 cm³/mol. The van der Waals surface area contributed by atoms with Crippen LogP contribution in [-0.2, 0) is 14.3 Å². The molecule has 25 heavy (non-hydrogen) atoms. The molecule has 0 aliphatic heterocycles. The highest BCUT2D eigenvalue weighted by atomic mass is 35.5. The van der Waals surface area contributed by atoms with Gasteiger partial charge in [-0.2, -0.15) is 0 Å². The van der Waals surface area contributed by atoms with Crippen molar-refractivity contribution >= 4 is 29.3 Å². The number of hydrogen-bond acceptors (Lipinski definition) is 5. The predicted octanol–water partition coefficient (Wildman–Crippen LogP) is 3.46. The molecule has 0 fully saturated rings. The zero-order valence-electron chi connectivity index (χ0n) is 13.2. The minimum absolute atomic E-state index is 0.0519. The van der Waals surface area contributed by atoms with E-state index in [2.05, 4.69) is 6.58 Å². The Balaban J connectivity index is 1.93. The highest BCUT2D eigenvalue weighted by Gasteiger charge is 2.12. The first-order chi connectivity index (χ1) is 12.0. The van der Waals surface area contributed by atoms with E-state index in [1.807, 2.05) is 0 Å². The molecule has 0 radical (unpaired) electrons. The molecule has 0 bridgehead atoms. The van der Waals surface area contributed by atoms with Crippen molar-refractivity contribution in [2.24, 2.45) is 0 Å². The second kappa shape index (κ2) is 8.80. The molecular formula is C19H15ClO5. The largest absolute Gasteiger partial charge is 0.459 e. The number of ketones is 1. The Kier molecular flexibility index (Phi) is 6.48. The van der Waals surface area contributed by atoms with E-state index in [4.69, 9.17) is 21.1 Å². The van der Waals surface area contributed by atoms with Gasteiger partial charge in [0.15, 0.2) is 5.78 Å². The Hall–Kier alpha value is -2.92. The summed E-state index contributed by atoms with van der Waals surface area (Å²) in [6.07, 6.45) is 1.03. The third-order valence-electron chi connectivity index (χ3n) is 3.22. The van der Waals surface area contributed by atoms with Crippen molar-refractivity contribution < 1.29 is 23.9 Å². The van der Waals surface area contributed by atoms with Gasteiger partial charge in [0.1, 0.15) is 13.2 Å². The number of rotatable bonds is 7. The number of carbonyl (C=O) groups excluding carboxylic acids is 3. The normalized spacial score (nSPS) is 9.96. The van der Waals surface area contributed by atoms with Gasteiger partial charge in [-0.05, 0) is 36.4 Å². The fraction of sp³-hybridized carbons (Fsp3) is 0.105. The van der Waals surface area contributed by atoms with E-state index in [-0.39, 0.29) is 19.0 Å². The fourth-order valence-corrected chi connectivity index (χ4v) is 2.07. The van der Waals surface area contributed by atoms with Gasteiger partial charge in [0.05, 0.1) is 5.56 Å². The van der Waals surface area contributed by atoms with E-state index >= 15 is 0 Å². The van der Waals surface area contributed by atoms with Crippen LogP contribution >= 0.6 is 11.6 Å². The second-order valence-electron chi connectivity index (χ2n) is 4.92. The van der Waals surface area contributed by atoms with Crippen LogP contribution in [0.4, 0.5) is 0 Å². The van der Waals surface area contributed by atoms with E-state index in [1.54, 1.807) is 36.4 Å². The van der Waals surface area contributed by atoms with Crippen LogP contribution in [0.15, 0.2) is 61.2 Å². The van der Waals surface area contributed by atoms with Crippen molar-refractivity contribution in [1.82, 2.24) is 0 Å². The molecule has 0 spiro atoms. The number of benzene rings is 2. The first-order valence-electron chi connectivity index (χ1n) is 7.38. The molecule has 0 aromatic heterocycles. The van der Waals surface area contributed by atoms with Crippen LogP contribution in [0, 0.1) is 0 Å². The summed E-state index contributed by atoms with van der Waals surface area (Å²) in [5.41, 5.74) is 1.24. The zero-order chi connectivity index (χ0) is 18.2. The van der Waals surface area contributed by atoms with Crippen LogP contribution in [0.2, 0.25) is 5.02 Å². The van der Waals surface area contributed by atoms with Crippen molar-refractivity contribution in [2.75, 3.05) is 13.2 Å². The number of ether oxygens (including phenoxy) is 2.